The summed E-state index contributed by atoms with van der Waals surface area (Å²) in [6.45, 7) is 1.53. The number of benzene rings is 1. The van der Waals surface area contributed by atoms with E-state index in [2.05, 4.69) is 9.62 Å². The Balaban J connectivity index is 1.92. The van der Waals surface area contributed by atoms with Crippen LogP contribution in [0.3, 0.4) is 0 Å². The molecule has 1 saturated heterocycles. The number of nitrogens with one attached hydrogen (secondary N) is 1. The fourth-order valence-corrected chi connectivity index (χ4v) is 3.97. The average molecular weight is 281 g/mol. The number of rotatable bonds is 4. The first kappa shape index (κ1) is 12.9. The van der Waals surface area contributed by atoms with Crippen LogP contribution < -0.4 is 15.4 Å². The number of para-hydroxylation sites is 1. The molecular formula is C13H19N3O2S. The Labute approximate surface area is 113 Å². The van der Waals surface area contributed by atoms with E-state index >= 15 is 0 Å². The van der Waals surface area contributed by atoms with E-state index in [0.717, 1.165) is 38.0 Å². The van der Waals surface area contributed by atoms with Crippen molar-refractivity contribution in [1.29, 1.82) is 0 Å². The van der Waals surface area contributed by atoms with Gasteiger partial charge in [-0.3, -0.25) is 0 Å². The van der Waals surface area contributed by atoms with Crippen molar-refractivity contribution in [2.75, 3.05) is 18.0 Å². The fourth-order valence-electron chi connectivity index (χ4n) is 2.44. The molecule has 1 aliphatic carbocycles. The number of nitrogens with two attached hydrogens (primary N) is 1. The Kier molecular flexibility index (Phi) is 3.24. The van der Waals surface area contributed by atoms with Gasteiger partial charge in [0.25, 0.3) is 0 Å². The Morgan fingerprint density at radius 2 is 1.95 bits per heavy atom. The topological polar surface area (TPSA) is 75.4 Å². The van der Waals surface area contributed by atoms with Gasteiger partial charge in [-0.05, 0) is 31.4 Å². The van der Waals surface area contributed by atoms with Crippen molar-refractivity contribution in [2.45, 2.75) is 36.2 Å². The summed E-state index contributed by atoms with van der Waals surface area (Å²) in [6.07, 6.45) is 2.79. The van der Waals surface area contributed by atoms with Gasteiger partial charge in [0.05, 0.1) is 5.69 Å². The lowest BCUT2D eigenvalue weighted by Crippen LogP contribution is -2.30. The summed E-state index contributed by atoms with van der Waals surface area (Å²) in [5.41, 5.74) is 6.67. The van der Waals surface area contributed by atoms with Crippen LogP contribution in [-0.2, 0) is 10.0 Å². The van der Waals surface area contributed by atoms with Crippen LogP contribution in [0.15, 0.2) is 29.2 Å². The van der Waals surface area contributed by atoms with Crippen LogP contribution in [-0.4, -0.2) is 33.6 Å². The van der Waals surface area contributed by atoms with Crippen molar-refractivity contribution in [1.82, 2.24) is 4.72 Å². The minimum atomic E-state index is -3.42. The first-order valence-electron chi connectivity index (χ1n) is 6.68. The zero-order valence-electron chi connectivity index (χ0n) is 10.7. The van der Waals surface area contributed by atoms with Gasteiger partial charge in [-0.1, -0.05) is 12.1 Å². The Hall–Kier alpha value is -1.11. The highest BCUT2D eigenvalue weighted by molar-refractivity contribution is 7.89. The molecule has 1 unspecified atom stereocenters. The maximum Gasteiger partial charge on any atom is 0.242 e. The predicted octanol–water partition coefficient (Wildman–Crippen LogP) is 0.665. The molecule has 2 fully saturated rings. The van der Waals surface area contributed by atoms with Crippen LogP contribution in [0.1, 0.15) is 19.3 Å². The molecule has 0 spiro atoms. The monoisotopic (exact) mass is 281 g/mol. The van der Waals surface area contributed by atoms with Crippen LogP contribution in [0.4, 0.5) is 5.69 Å². The third-order valence-electron chi connectivity index (χ3n) is 3.62. The van der Waals surface area contributed by atoms with Gasteiger partial charge in [-0.15, -0.1) is 0 Å². The van der Waals surface area contributed by atoms with Gasteiger partial charge < -0.3 is 10.6 Å². The van der Waals surface area contributed by atoms with Crippen LogP contribution >= 0.6 is 0 Å². The lowest BCUT2D eigenvalue weighted by molar-refractivity contribution is 0.581. The van der Waals surface area contributed by atoms with Gasteiger partial charge >= 0.3 is 0 Å². The van der Waals surface area contributed by atoms with Crippen molar-refractivity contribution in [2.24, 2.45) is 5.73 Å². The van der Waals surface area contributed by atoms with E-state index in [1.165, 1.54) is 0 Å². The molecule has 0 aromatic heterocycles. The number of anilines is 1. The molecule has 1 aromatic carbocycles. The summed E-state index contributed by atoms with van der Waals surface area (Å²) in [6, 6.07) is 7.42. The molecule has 1 atom stereocenters. The smallest absolute Gasteiger partial charge is 0.242 e. The van der Waals surface area contributed by atoms with Crippen molar-refractivity contribution in [3.63, 3.8) is 0 Å². The summed E-state index contributed by atoms with van der Waals surface area (Å²) in [7, 11) is -3.42. The minimum Gasteiger partial charge on any atom is -0.369 e. The van der Waals surface area contributed by atoms with Crippen molar-refractivity contribution >= 4 is 15.7 Å². The lowest BCUT2D eigenvalue weighted by Gasteiger charge is -2.21. The van der Waals surface area contributed by atoms with E-state index in [4.69, 9.17) is 5.73 Å². The van der Waals surface area contributed by atoms with Crippen LogP contribution in [0.5, 0.6) is 0 Å². The van der Waals surface area contributed by atoms with E-state index in [1.54, 1.807) is 12.1 Å². The van der Waals surface area contributed by atoms with E-state index in [1.807, 2.05) is 12.1 Å². The number of hydrogen-bond acceptors (Lipinski definition) is 4. The fraction of sp³-hybridized carbons (Fsp3) is 0.538. The normalized spacial score (nSPS) is 23.8. The zero-order valence-corrected chi connectivity index (χ0v) is 11.6. The number of nitrogens with zero attached hydrogens (tertiary/aromatic N) is 1. The van der Waals surface area contributed by atoms with Crippen LogP contribution in [0.25, 0.3) is 0 Å². The number of hydrogen-bond donors (Lipinski definition) is 2. The first-order valence-corrected chi connectivity index (χ1v) is 8.16. The Morgan fingerprint density at radius 1 is 1.21 bits per heavy atom. The molecule has 0 amide bonds. The number of sulfonamides is 1. The molecule has 3 rings (SSSR count). The van der Waals surface area contributed by atoms with Crippen molar-refractivity contribution in [3.05, 3.63) is 24.3 Å². The van der Waals surface area contributed by atoms with Crippen LogP contribution in [0.2, 0.25) is 0 Å². The third-order valence-corrected chi connectivity index (χ3v) is 5.19. The van der Waals surface area contributed by atoms with Gasteiger partial charge in [0.1, 0.15) is 4.90 Å². The second-order valence-electron chi connectivity index (χ2n) is 5.36. The standard InChI is InChI=1S/C13H19N3O2S/c14-10-7-8-16(9-10)12-3-1-2-4-13(12)19(17,18)15-11-5-6-11/h1-4,10-11,15H,5-9,14H2. The van der Waals surface area contributed by atoms with E-state index in [-0.39, 0.29) is 12.1 Å². The first-order chi connectivity index (χ1) is 9.06. The Bertz CT molecular complexity index is 569. The third kappa shape index (κ3) is 2.75. The minimum absolute atomic E-state index is 0.124. The second-order valence-corrected chi connectivity index (χ2v) is 7.04. The molecule has 0 radical (unpaired) electrons. The van der Waals surface area contributed by atoms with E-state index in [0.29, 0.717) is 4.90 Å². The quantitative estimate of drug-likeness (QED) is 0.850. The molecule has 19 heavy (non-hydrogen) atoms. The molecule has 0 bridgehead atoms. The molecule has 2 aliphatic rings. The Morgan fingerprint density at radius 3 is 2.58 bits per heavy atom. The van der Waals surface area contributed by atoms with E-state index < -0.39 is 10.0 Å². The molecule has 1 saturated carbocycles. The maximum absolute atomic E-state index is 12.4. The van der Waals surface area contributed by atoms with Gasteiger partial charge in [0.2, 0.25) is 10.0 Å². The highest BCUT2D eigenvalue weighted by atomic mass is 32.2. The molecule has 5 nitrogen and oxygen atoms in total. The summed E-state index contributed by atoms with van der Waals surface area (Å²) in [5.74, 6) is 0. The maximum atomic E-state index is 12.4. The largest absolute Gasteiger partial charge is 0.369 e. The summed E-state index contributed by atoms with van der Waals surface area (Å²) in [4.78, 5) is 2.43. The summed E-state index contributed by atoms with van der Waals surface area (Å²) >= 11 is 0. The van der Waals surface area contributed by atoms with Crippen molar-refractivity contribution in [3.8, 4) is 0 Å². The van der Waals surface area contributed by atoms with Crippen molar-refractivity contribution < 1.29 is 8.42 Å². The molecule has 1 heterocycles. The van der Waals surface area contributed by atoms with E-state index in [9.17, 15) is 8.42 Å². The summed E-state index contributed by atoms with van der Waals surface area (Å²) < 4.78 is 27.5. The lowest BCUT2D eigenvalue weighted by atomic mass is 10.3. The van der Waals surface area contributed by atoms with Gasteiger partial charge in [-0.2, -0.15) is 0 Å². The highest BCUT2D eigenvalue weighted by Crippen LogP contribution is 2.29. The second kappa shape index (κ2) is 4.77. The van der Waals surface area contributed by atoms with Gasteiger partial charge in [0, 0.05) is 25.2 Å². The molecule has 1 aromatic rings. The highest BCUT2D eigenvalue weighted by Gasteiger charge is 2.31. The summed E-state index contributed by atoms with van der Waals surface area (Å²) in [5, 5.41) is 0. The predicted molar refractivity (Wildman–Crippen MR) is 74.6 cm³/mol. The molecular weight excluding hydrogens is 262 g/mol. The molecule has 1 aliphatic heterocycles. The van der Waals surface area contributed by atoms with Crippen LogP contribution in [0, 0.1) is 0 Å². The van der Waals surface area contributed by atoms with Gasteiger partial charge in [-0.25, -0.2) is 13.1 Å². The SMILES string of the molecule is NC1CCN(c2ccccc2S(=O)(=O)NC2CC2)C1. The molecule has 104 valence electrons. The molecule has 6 heteroatoms. The van der Waals surface area contributed by atoms with Gasteiger partial charge in [0.15, 0.2) is 0 Å². The average Bonchev–Trinajstić information content (AvgIpc) is 3.07. The zero-order chi connectivity index (χ0) is 13.5. The molecule has 3 N–H and O–H groups in total.